The van der Waals surface area contributed by atoms with Gasteiger partial charge in [-0.25, -0.2) is 0 Å². The molecule has 0 saturated carbocycles. The number of aromatic nitrogens is 1. The number of ether oxygens (including phenoxy) is 1. The van der Waals surface area contributed by atoms with Gasteiger partial charge in [-0.15, -0.1) is 0 Å². The molecule has 0 unspecified atom stereocenters. The van der Waals surface area contributed by atoms with E-state index < -0.39 is 0 Å². The maximum atomic E-state index is 6.20. The summed E-state index contributed by atoms with van der Waals surface area (Å²) in [5, 5.41) is 0. The second-order valence-corrected chi connectivity index (χ2v) is 6.54. The third-order valence-corrected chi connectivity index (χ3v) is 4.97. The molecule has 1 aromatic heterocycles. The maximum Gasteiger partial charge on any atom is 0.138 e. The van der Waals surface area contributed by atoms with Crippen LogP contribution in [0.4, 0.5) is 0 Å². The molecule has 1 atom stereocenters. The van der Waals surface area contributed by atoms with Crippen LogP contribution in [0.3, 0.4) is 0 Å². The van der Waals surface area contributed by atoms with Gasteiger partial charge in [-0.2, -0.15) is 0 Å². The number of benzene rings is 1. The van der Waals surface area contributed by atoms with Crippen molar-refractivity contribution in [3.8, 4) is 17.0 Å². The van der Waals surface area contributed by atoms with Crippen molar-refractivity contribution in [2.24, 2.45) is 5.92 Å². The van der Waals surface area contributed by atoms with Gasteiger partial charge in [-0.1, -0.05) is 29.8 Å². The first-order valence-corrected chi connectivity index (χ1v) is 8.20. The average molecular weight is 294 g/mol. The monoisotopic (exact) mass is 294 g/mol. The molecule has 3 fully saturated rings. The van der Waals surface area contributed by atoms with E-state index in [2.05, 4.69) is 53.2 Å². The van der Waals surface area contributed by atoms with E-state index in [0.717, 1.165) is 29.5 Å². The van der Waals surface area contributed by atoms with Crippen molar-refractivity contribution < 1.29 is 4.74 Å². The highest BCUT2D eigenvalue weighted by molar-refractivity contribution is 5.59. The van der Waals surface area contributed by atoms with E-state index in [1.54, 1.807) is 0 Å². The normalized spacial score (nSPS) is 26.9. The van der Waals surface area contributed by atoms with Gasteiger partial charge in [0.15, 0.2) is 0 Å². The summed E-state index contributed by atoms with van der Waals surface area (Å²) in [6.07, 6.45) is 4.76. The molecule has 3 nitrogen and oxygen atoms in total. The Labute approximate surface area is 131 Å². The Morgan fingerprint density at radius 3 is 2.41 bits per heavy atom. The maximum absolute atomic E-state index is 6.20. The van der Waals surface area contributed by atoms with E-state index in [-0.39, 0.29) is 0 Å². The van der Waals surface area contributed by atoms with Crippen molar-refractivity contribution >= 4 is 0 Å². The van der Waals surface area contributed by atoms with E-state index in [1.165, 1.54) is 31.5 Å². The number of hydrogen-bond donors (Lipinski definition) is 0. The Balaban J connectivity index is 1.46. The summed E-state index contributed by atoms with van der Waals surface area (Å²) in [7, 11) is 0. The number of hydrogen-bond acceptors (Lipinski definition) is 3. The summed E-state index contributed by atoms with van der Waals surface area (Å²) in [4.78, 5) is 7.08. The third kappa shape index (κ3) is 2.73. The molecule has 2 bridgehead atoms. The molecule has 22 heavy (non-hydrogen) atoms. The largest absolute Gasteiger partial charge is 0.487 e. The molecule has 4 heterocycles. The lowest BCUT2D eigenvalue weighted by molar-refractivity contribution is -0.00791. The van der Waals surface area contributed by atoms with Gasteiger partial charge in [0.05, 0.1) is 11.9 Å². The highest BCUT2D eigenvalue weighted by Gasteiger charge is 2.35. The zero-order valence-corrected chi connectivity index (χ0v) is 13.0. The quantitative estimate of drug-likeness (QED) is 0.866. The lowest BCUT2D eigenvalue weighted by Gasteiger charge is -2.44. The molecule has 0 amide bonds. The molecule has 0 spiro atoms. The topological polar surface area (TPSA) is 25.4 Å². The van der Waals surface area contributed by atoms with E-state index in [4.69, 9.17) is 4.74 Å². The zero-order chi connectivity index (χ0) is 14.9. The van der Waals surface area contributed by atoms with Gasteiger partial charge in [0.1, 0.15) is 11.9 Å². The minimum Gasteiger partial charge on any atom is -0.487 e. The predicted molar refractivity (Wildman–Crippen MR) is 88.0 cm³/mol. The second kappa shape index (κ2) is 5.73. The van der Waals surface area contributed by atoms with E-state index in [1.807, 2.05) is 6.20 Å². The zero-order valence-electron chi connectivity index (χ0n) is 13.0. The summed E-state index contributed by atoms with van der Waals surface area (Å²) in [6, 6.07) is 12.6. The van der Waals surface area contributed by atoms with Crippen molar-refractivity contribution in [3.63, 3.8) is 0 Å². The first kappa shape index (κ1) is 13.8. The van der Waals surface area contributed by atoms with Crippen LogP contribution in [0.2, 0.25) is 0 Å². The highest BCUT2D eigenvalue weighted by Crippen LogP contribution is 2.31. The van der Waals surface area contributed by atoms with Crippen LogP contribution in [0.5, 0.6) is 5.75 Å². The molecular formula is C19H22N2O. The number of pyridine rings is 1. The Bertz CT molecular complexity index is 627. The molecule has 2 aromatic rings. The Kier molecular flexibility index (Phi) is 3.59. The number of nitrogens with zero attached hydrogens (tertiary/aromatic N) is 2. The summed E-state index contributed by atoms with van der Waals surface area (Å²) < 4.78 is 6.20. The second-order valence-electron chi connectivity index (χ2n) is 6.54. The van der Waals surface area contributed by atoms with Crippen LogP contribution < -0.4 is 4.74 Å². The van der Waals surface area contributed by atoms with Crippen LogP contribution in [0, 0.1) is 12.8 Å². The van der Waals surface area contributed by atoms with Gasteiger partial charge < -0.3 is 4.74 Å². The van der Waals surface area contributed by atoms with Crippen molar-refractivity contribution in [1.29, 1.82) is 0 Å². The van der Waals surface area contributed by atoms with Gasteiger partial charge in [-0.05, 0) is 50.9 Å². The average Bonchev–Trinajstić information content (AvgIpc) is 2.58. The molecule has 3 saturated heterocycles. The fraction of sp³-hybridized carbons (Fsp3) is 0.421. The molecule has 0 N–H and O–H groups in total. The molecular weight excluding hydrogens is 272 g/mol. The highest BCUT2D eigenvalue weighted by atomic mass is 16.5. The fourth-order valence-electron chi connectivity index (χ4n) is 3.56. The molecule has 3 heteroatoms. The molecule has 3 aliphatic heterocycles. The van der Waals surface area contributed by atoms with Crippen molar-refractivity contribution in [1.82, 2.24) is 9.88 Å². The summed E-state index contributed by atoms with van der Waals surface area (Å²) in [6.45, 7) is 5.66. The van der Waals surface area contributed by atoms with E-state index in [0.29, 0.717) is 6.10 Å². The molecule has 0 aliphatic carbocycles. The Morgan fingerprint density at radius 1 is 1.05 bits per heavy atom. The number of rotatable bonds is 3. The SMILES string of the molecule is Cc1ccc(-c2ccc(O[C@H]3CN4CCC3CC4)cn2)cc1. The van der Waals surface area contributed by atoms with Gasteiger partial charge in [0, 0.05) is 12.1 Å². The predicted octanol–water partition coefficient (Wildman–Crippen LogP) is 3.53. The molecule has 3 aliphatic rings. The minimum absolute atomic E-state index is 0.342. The van der Waals surface area contributed by atoms with Gasteiger partial charge in [-0.3, -0.25) is 9.88 Å². The number of aryl methyl sites for hydroxylation is 1. The Morgan fingerprint density at radius 2 is 1.82 bits per heavy atom. The van der Waals surface area contributed by atoms with Crippen LogP contribution >= 0.6 is 0 Å². The summed E-state index contributed by atoms with van der Waals surface area (Å²) in [5.41, 5.74) is 3.42. The smallest absolute Gasteiger partial charge is 0.138 e. The van der Waals surface area contributed by atoms with Gasteiger partial charge >= 0.3 is 0 Å². The van der Waals surface area contributed by atoms with Gasteiger partial charge in [0.2, 0.25) is 0 Å². The minimum atomic E-state index is 0.342. The van der Waals surface area contributed by atoms with Crippen LogP contribution in [0.25, 0.3) is 11.3 Å². The summed E-state index contributed by atoms with van der Waals surface area (Å²) in [5.74, 6) is 1.62. The van der Waals surface area contributed by atoms with Gasteiger partial charge in [0.25, 0.3) is 0 Å². The molecule has 1 aromatic carbocycles. The lowest BCUT2D eigenvalue weighted by Crippen LogP contribution is -2.52. The number of fused-ring (bicyclic) bond motifs is 3. The summed E-state index contributed by atoms with van der Waals surface area (Å²) >= 11 is 0. The molecule has 0 radical (unpaired) electrons. The van der Waals surface area contributed by atoms with Crippen molar-refractivity contribution in [3.05, 3.63) is 48.2 Å². The lowest BCUT2D eigenvalue weighted by atomic mass is 9.86. The first-order chi connectivity index (χ1) is 10.8. The van der Waals surface area contributed by atoms with Crippen molar-refractivity contribution in [2.75, 3.05) is 19.6 Å². The molecule has 5 rings (SSSR count). The standard InChI is InChI=1S/C19H22N2O/c1-14-2-4-15(5-3-14)18-7-6-17(12-20-18)22-19-13-21-10-8-16(19)9-11-21/h2-7,12,16,19H,8-11,13H2,1H3/t19-/m0/s1. The van der Waals surface area contributed by atoms with Crippen LogP contribution in [-0.4, -0.2) is 35.6 Å². The van der Waals surface area contributed by atoms with Crippen LogP contribution in [0.15, 0.2) is 42.6 Å². The Hall–Kier alpha value is -1.87. The molecule has 114 valence electrons. The number of piperidine rings is 3. The van der Waals surface area contributed by atoms with Crippen LogP contribution in [0.1, 0.15) is 18.4 Å². The first-order valence-electron chi connectivity index (χ1n) is 8.20. The van der Waals surface area contributed by atoms with E-state index in [9.17, 15) is 0 Å². The van der Waals surface area contributed by atoms with Crippen LogP contribution in [-0.2, 0) is 0 Å². The fourth-order valence-corrected chi connectivity index (χ4v) is 3.56. The third-order valence-electron chi connectivity index (χ3n) is 4.97. The van der Waals surface area contributed by atoms with E-state index >= 15 is 0 Å². The van der Waals surface area contributed by atoms with Crippen molar-refractivity contribution in [2.45, 2.75) is 25.9 Å².